The number of rotatable bonds is 19. The van der Waals surface area contributed by atoms with Crippen LogP contribution in [0.4, 0.5) is 11.6 Å². The minimum atomic E-state index is -2.31. The fraction of sp³-hybridized carbons (Fsp3) is 0.452. The molecule has 0 spiro atoms. The van der Waals surface area contributed by atoms with Crippen LogP contribution in [0, 0.1) is 0 Å². The number of carboxylic acids is 4. The average molecular weight is 897 g/mol. The van der Waals surface area contributed by atoms with Crippen LogP contribution in [0.3, 0.4) is 0 Å². The summed E-state index contributed by atoms with van der Waals surface area (Å²) < 4.78 is 0. The number of amides is 1. The Kier molecular flexibility index (Phi) is 23.5. The number of carboxylic acid groups (broad SMARTS) is 4. The molecule has 3 rings (SSSR count). The Morgan fingerprint density at radius 3 is 1.69 bits per heavy atom. The number of benzene rings is 1. The first-order valence-corrected chi connectivity index (χ1v) is 16.2. The van der Waals surface area contributed by atoms with Crippen LogP contribution < -0.4 is 32.1 Å². The summed E-state index contributed by atoms with van der Waals surface area (Å²) in [5.74, 6) is -7.11. The molecule has 322 valence electrons. The molecule has 0 radical (unpaired) electrons. The van der Waals surface area contributed by atoms with Gasteiger partial charge in [-0.05, 0) is 30.7 Å². The van der Waals surface area contributed by atoms with Gasteiger partial charge in [-0.1, -0.05) is 0 Å². The zero-order chi connectivity index (χ0) is 44.4. The maximum absolute atomic E-state index is 12.3. The van der Waals surface area contributed by atoms with Crippen molar-refractivity contribution in [3.05, 3.63) is 52.1 Å². The molecule has 0 saturated heterocycles. The third-order valence-electron chi connectivity index (χ3n) is 7.35. The molecule has 1 amide bonds. The number of nitrogens with two attached hydrogens (primary N) is 1. The first-order chi connectivity index (χ1) is 27.0. The van der Waals surface area contributed by atoms with Gasteiger partial charge in [0, 0.05) is 17.7 Å². The Morgan fingerprint density at radius 1 is 0.780 bits per heavy atom. The summed E-state index contributed by atoms with van der Waals surface area (Å²) in [7, 11) is 0. The van der Waals surface area contributed by atoms with E-state index >= 15 is 0 Å². The number of fused-ring (bicyclic) bond motifs is 1. The maximum atomic E-state index is 12.3. The quantitative estimate of drug-likeness (QED) is 0.0497. The van der Waals surface area contributed by atoms with Gasteiger partial charge in [-0.15, -0.1) is 0 Å². The fourth-order valence-corrected chi connectivity index (χ4v) is 4.08. The number of nitrogens with zero attached hydrogens (tertiary/aromatic N) is 3. The van der Waals surface area contributed by atoms with Gasteiger partial charge in [-0.3, -0.25) is 19.4 Å². The van der Waals surface area contributed by atoms with Crippen molar-refractivity contribution in [2.75, 3.05) is 24.3 Å². The van der Waals surface area contributed by atoms with Gasteiger partial charge in [0.15, 0.2) is 11.2 Å². The number of nitrogen functional groups attached to an aromatic ring is 1. The minimum Gasteiger partial charge on any atom is -0.547 e. The number of carbonyl (C=O) groups is 5. The van der Waals surface area contributed by atoms with Gasteiger partial charge < -0.3 is 97.4 Å². The molecule has 2 heterocycles. The normalized spacial score (nSPS) is 15.3. The predicted molar refractivity (Wildman–Crippen MR) is 184 cm³/mol. The first-order valence-electron chi connectivity index (χ1n) is 16.2. The van der Waals surface area contributed by atoms with Crippen molar-refractivity contribution in [3.8, 4) is 0 Å². The SMILES string of the molecule is Nc1nc2ncc(CNc3ccc(C(=O)NC(CCC(=O)O)C(=O)O)cc3)nc2c(=O)[nH]1.O=C([O-])C(O)C(O)C(O)C(O)CO.O=C([O-])C(O)C(O)C(O)C(O)CO.[Zn+2]. The van der Waals surface area contributed by atoms with Crippen molar-refractivity contribution in [1.29, 1.82) is 0 Å². The molecule has 28 heteroatoms. The van der Waals surface area contributed by atoms with Crippen molar-refractivity contribution in [3.63, 3.8) is 0 Å². The molecule has 9 unspecified atom stereocenters. The molecular formula is C31H41N7O20Zn. The van der Waals surface area contributed by atoms with Crippen LogP contribution >= 0.6 is 0 Å². The average Bonchev–Trinajstić information content (AvgIpc) is 3.19. The summed E-state index contributed by atoms with van der Waals surface area (Å²) in [5.41, 5.74) is 6.47. The minimum absolute atomic E-state index is 0. The van der Waals surface area contributed by atoms with Crippen LogP contribution in [-0.2, 0) is 45.2 Å². The third-order valence-corrected chi connectivity index (χ3v) is 7.35. The van der Waals surface area contributed by atoms with E-state index in [1.165, 1.54) is 18.3 Å². The van der Waals surface area contributed by atoms with E-state index in [0.717, 1.165) is 0 Å². The van der Waals surface area contributed by atoms with Gasteiger partial charge >= 0.3 is 31.4 Å². The number of carbonyl (C=O) groups excluding carboxylic acids is 3. The van der Waals surface area contributed by atoms with Crippen LogP contribution in [0.2, 0.25) is 0 Å². The van der Waals surface area contributed by atoms with E-state index in [1.54, 1.807) is 12.1 Å². The molecule has 9 atom stereocenters. The first kappa shape index (κ1) is 53.6. The number of H-pyrrole nitrogens is 1. The number of aliphatic carboxylic acids is 4. The number of aromatic nitrogens is 4. The molecule has 0 aliphatic carbocycles. The van der Waals surface area contributed by atoms with Crippen LogP contribution in [0.5, 0.6) is 0 Å². The zero-order valence-corrected chi connectivity index (χ0v) is 33.3. The summed E-state index contributed by atoms with van der Waals surface area (Å²) >= 11 is 0. The Morgan fingerprint density at radius 2 is 1.27 bits per heavy atom. The number of nitrogens with one attached hydrogen (secondary N) is 3. The van der Waals surface area contributed by atoms with Gasteiger partial charge in [0.05, 0.1) is 43.6 Å². The second-order valence-corrected chi connectivity index (χ2v) is 11.7. The van der Waals surface area contributed by atoms with Crippen LogP contribution in [0.1, 0.15) is 28.9 Å². The van der Waals surface area contributed by atoms with E-state index in [0.29, 0.717) is 11.4 Å². The van der Waals surface area contributed by atoms with Gasteiger partial charge in [-0.2, -0.15) is 4.98 Å². The van der Waals surface area contributed by atoms with Crippen molar-refractivity contribution >= 4 is 52.6 Å². The van der Waals surface area contributed by atoms with Crippen molar-refractivity contribution in [1.82, 2.24) is 25.3 Å². The summed E-state index contributed by atoms with van der Waals surface area (Å²) in [4.78, 5) is 80.5. The smallest absolute Gasteiger partial charge is 0.547 e. The predicted octanol–water partition coefficient (Wildman–Crippen LogP) is -9.70. The second-order valence-electron chi connectivity index (χ2n) is 11.7. The third kappa shape index (κ3) is 17.6. The van der Waals surface area contributed by atoms with Gasteiger partial charge in [0.2, 0.25) is 5.95 Å². The van der Waals surface area contributed by atoms with Crippen molar-refractivity contribution in [2.24, 2.45) is 0 Å². The maximum Gasteiger partial charge on any atom is 2.00 e. The zero-order valence-electron chi connectivity index (χ0n) is 30.4. The molecule has 0 aliphatic heterocycles. The van der Waals surface area contributed by atoms with Crippen LogP contribution in [-0.4, -0.2) is 179 Å². The van der Waals surface area contributed by atoms with Gasteiger partial charge in [0.25, 0.3) is 11.5 Å². The Hall–Kier alpha value is -5.39. The van der Waals surface area contributed by atoms with Gasteiger partial charge in [0.1, 0.15) is 54.9 Å². The van der Waals surface area contributed by atoms with Crippen molar-refractivity contribution in [2.45, 2.75) is 74.3 Å². The van der Waals surface area contributed by atoms with E-state index < -0.39 is 103 Å². The number of aliphatic hydroxyl groups is 10. The Balaban J connectivity index is 0.00000103. The second kappa shape index (κ2) is 25.9. The molecule has 1 aromatic carbocycles. The van der Waals surface area contributed by atoms with E-state index in [-0.39, 0.29) is 61.5 Å². The van der Waals surface area contributed by atoms with E-state index in [4.69, 9.17) is 67.0 Å². The van der Waals surface area contributed by atoms with Crippen LogP contribution in [0.15, 0.2) is 35.3 Å². The molecule has 0 saturated carbocycles. The van der Waals surface area contributed by atoms with Crippen LogP contribution in [0.25, 0.3) is 11.2 Å². The summed E-state index contributed by atoms with van der Waals surface area (Å²) in [5, 5.41) is 130. The van der Waals surface area contributed by atoms with E-state index in [9.17, 15) is 39.0 Å². The van der Waals surface area contributed by atoms with Gasteiger partial charge in [-0.25, -0.2) is 14.8 Å². The number of hydrogen-bond acceptors (Lipinski definition) is 23. The Labute approximate surface area is 342 Å². The number of hydrogen-bond donors (Lipinski definition) is 16. The molecule has 27 nitrogen and oxygen atoms in total. The molecule has 2 aromatic heterocycles. The monoisotopic (exact) mass is 895 g/mol. The number of aromatic amines is 1. The van der Waals surface area contributed by atoms with E-state index in [1.807, 2.05) is 0 Å². The molecule has 59 heavy (non-hydrogen) atoms. The molecule has 17 N–H and O–H groups in total. The molecule has 3 aromatic rings. The van der Waals surface area contributed by atoms with Crippen molar-refractivity contribution < 1.29 is 115 Å². The summed E-state index contributed by atoms with van der Waals surface area (Å²) in [6.45, 7) is -1.50. The summed E-state index contributed by atoms with van der Waals surface area (Å²) in [6.07, 6.45) is -15.3. The Bertz CT molecular complexity index is 1850. The fourth-order valence-electron chi connectivity index (χ4n) is 4.08. The summed E-state index contributed by atoms with van der Waals surface area (Å²) in [6, 6.07) is 4.86. The number of aliphatic hydroxyl groups excluding tert-OH is 10. The van der Waals surface area contributed by atoms with E-state index in [2.05, 4.69) is 30.6 Å². The topological polar surface area (TPSA) is 496 Å². The number of anilines is 2. The standard InChI is InChI=1S/C19H19N7O6.2C6H12O7.Zn/c20-19-25-15-14(17(30)26-19)23-11(8-22-15)7-21-10-3-1-9(2-4-10)16(29)24-12(18(31)32)5-6-13(27)28;2*7-1-2(8)3(9)4(10)5(11)6(12)13;/h1-4,8,12,21H,5-7H2,(H,24,29)(H,27,28)(H,31,32)(H3,20,22,25,26,30);2*2-5,7-11H,1H2,(H,12,13);/q;;;+2/p-2. The molecule has 0 bridgehead atoms. The molecule has 0 fully saturated rings. The molecular weight excluding hydrogens is 856 g/mol. The molecule has 0 aliphatic rings. The largest absolute Gasteiger partial charge is 2.00 e.